The number of halogens is 2. The molecule has 0 radical (unpaired) electrons. The van der Waals surface area contributed by atoms with Crippen LogP contribution in [0.3, 0.4) is 0 Å². The molecule has 0 aliphatic carbocycles. The second kappa shape index (κ2) is 10.2. The monoisotopic (exact) mass is 445 g/mol. The maximum absolute atomic E-state index is 12.6. The van der Waals surface area contributed by atoms with Crippen LogP contribution in [0.4, 0.5) is 0 Å². The molecule has 0 heterocycles. The summed E-state index contributed by atoms with van der Waals surface area (Å²) in [6, 6.07) is 17.7. The van der Waals surface area contributed by atoms with Gasteiger partial charge in [0, 0.05) is 33.8 Å². The molecule has 30 heavy (non-hydrogen) atoms. The van der Waals surface area contributed by atoms with Crippen LogP contribution >= 0.6 is 23.2 Å². The standard InChI is InChI=1S/C23H21Cl2NO4/c1-28-19-4-3-5-20(12-19)30-14-17-10-15(7-9-22(17)29-2)23(27)26-13-16-6-8-18(24)11-21(16)25/h3-12H,13-14H2,1-2H3,(H,26,27). The Bertz CT molecular complexity index is 1040. The number of ether oxygens (including phenoxy) is 3. The molecule has 0 aliphatic rings. The third-order valence-electron chi connectivity index (χ3n) is 4.43. The largest absolute Gasteiger partial charge is 0.497 e. The SMILES string of the molecule is COc1cccc(OCc2cc(C(=O)NCc3ccc(Cl)cc3Cl)ccc2OC)c1. The van der Waals surface area contributed by atoms with E-state index < -0.39 is 0 Å². The van der Waals surface area contributed by atoms with Gasteiger partial charge in [-0.15, -0.1) is 0 Å². The molecule has 0 spiro atoms. The van der Waals surface area contributed by atoms with Crippen LogP contribution < -0.4 is 19.5 Å². The number of benzene rings is 3. The average Bonchev–Trinajstić information content (AvgIpc) is 2.76. The van der Waals surface area contributed by atoms with Gasteiger partial charge in [0.2, 0.25) is 0 Å². The lowest BCUT2D eigenvalue weighted by Crippen LogP contribution is -2.23. The maximum Gasteiger partial charge on any atom is 0.251 e. The molecule has 0 saturated heterocycles. The van der Waals surface area contributed by atoms with E-state index in [1.54, 1.807) is 56.7 Å². The molecule has 3 aromatic rings. The highest BCUT2D eigenvalue weighted by atomic mass is 35.5. The van der Waals surface area contributed by atoms with Crippen LogP contribution in [0, 0.1) is 0 Å². The number of nitrogens with one attached hydrogen (secondary N) is 1. The van der Waals surface area contributed by atoms with Gasteiger partial charge >= 0.3 is 0 Å². The van der Waals surface area contributed by atoms with Crippen molar-refractivity contribution in [3.8, 4) is 17.2 Å². The zero-order valence-electron chi connectivity index (χ0n) is 16.6. The van der Waals surface area contributed by atoms with Gasteiger partial charge in [-0.2, -0.15) is 0 Å². The fraction of sp³-hybridized carbons (Fsp3) is 0.174. The summed E-state index contributed by atoms with van der Waals surface area (Å²) in [6.45, 7) is 0.525. The van der Waals surface area contributed by atoms with E-state index in [-0.39, 0.29) is 19.1 Å². The highest BCUT2D eigenvalue weighted by Crippen LogP contribution is 2.25. The van der Waals surface area contributed by atoms with Crippen LogP contribution in [0.2, 0.25) is 10.0 Å². The number of carbonyl (C=O) groups excluding carboxylic acids is 1. The highest BCUT2D eigenvalue weighted by molar-refractivity contribution is 6.35. The molecule has 0 aliphatic heterocycles. The van der Waals surface area contributed by atoms with Crippen molar-refractivity contribution in [2.24, 2.45) is 0 Å². The number of carbonyl (C=O) groups is 1. The molecule has 0 aromatic heterocycles. The van der Waals surface area contributed by atoms with E-state index in [2.05, 4.69) is 5.32 Å². The van der Waals surface area contributed by atoms with Gasteiger partial charge in [-0.25, -0.2) is 0 Å². The molecule has 3 aromatic carbocycles. The third-order valence-corrected chi connectivity index (χ3v) is 5.02. The van der Waals surface area contributed by atoms with Crippen LogP contribution in [-0.2, 0) is 13.2 Å². The highest BCUT2D eigenvalue weighted by Gasteiger charge is 2.12. The summed E-state index contributed by atoms with van der Waals surface area (Å²) in [5.74, 6) is 1.76. The normalized spacial score (nSPS) is 10.4. The van der Waals surface area contributed by atoms with Gasteiger partial charge in [0.15, 0.2) is 0 Å². The predicted octanol–water partition coefficient (Wildman–Crippen LogP) is 5.52. The summed E-state index contributed by atoms with van der Waals surface area (Å²) in [5, 5.41) is 3.92. The molecule has 0 saturated carbocycles. The second-order valence-corrected chi connectivity index (χ2v) is 7.26. The molecule has 0 unspecified atom stereocenters. The predicted molar refractivity (Wildman–Crippen MR) is 118 cm³/mol. The van der Waals surface area contributed by atoms with E-state index >= 15 is 0 Å². The molecular formula is C23H21Cl2NO4. The average molecular weight is 446 g/mol. The molecule has 5 nitrogen and oxygen atoms in total. The minimum Gasteiger partial charge on any atom is -0.497 e. The second-order valence-electron chi connectivity index (χ2n) is 6.41. The summed E-state index contributed by atoms with van der Waals surface area (Å²) in [7, 11) is 3.17. The van der Waals surface area contributed by atoms with Gasteiger partial charge in [-0.3, -0.25) is 4.79 Å². The Labute approximate surface area is 185 Å². The molecule has 1 N–H and O–H groups in total. The Morgan fingerprint density at radius 1 is 0.900 bits per heavy atom. The molecule has 0 fully saturated rings. The number of rotatable bonds is 8. The van der Waals surface area contributed by atoms with Gasteiger partial charge in [0.1, 0.15) is 23.9 Å². The van der Waals surface area contributed by atoms with Crippen molar-refractivity contribution in [2.75, 3.05) is 14.2 Å². The topological polar surface area (TPSA) is 56.8 Å². The van der Waals surface area contributed by atoms with Crippen LogP contribution in [-0.4, -0.2) is 20.1 Å². The Morgan fingerprint density at radius 2 is 1.70 bits per heavy atom. The van der Waals surface area contributed by atoms with Gasteiger partial charge in [-0.05, 0) is 48.0 Å². The number of methoxy groups -OCH3 is 2. The minimum absolute atomic E-state index is 0.230. The van der Waals surface area contributed by atoms with E-state index in [4.69, 9.17) is 37.4 Å². The van der Waals surface area contributed by atoms with E-state index in [9.17, 15) is 4.79 Å². The first kappa shape index (κ1) is 21.8. The fourth-order valence-corrected chi connectivity index (χ4v) is 3.30. The molecule has 1 amide bonds. The quantitative estimate of drug-likeness (QED) is 0.495. The lowest BCUT2D eigenvalue weighted by Gasteiger charge is -2.13. The maximum atomic E-state index is 12.6. The van der Waals surface area contributed by atoms with Crippen molar-refractivity contribution in [1.82, 2.24) is 5.32 Å². The Morgan fingerprint density at radius 3 is 2.43 bits per heavy atom. The number of hydrogen-bond donors (Lipinski definition) is 1. The van der Waals surface area contributed by atoms with Crippen LogP contribution in [0.5, 0.6) is 17.2 Å². The summed E-state index contributed by atoms with van der Waals surface area (Å²) in [4.78, 5) is 12.6. The first-order valence-electron chi connectivity index (χ1n) is 9.16. The van der Waals surface area contributed by atoms with Crippen molar-refractivity contribution >= 4 is 29.1 Å². The van der Waals surface area contributed by atoms with Crippen LogP contribution in [0.25, 0.3) is 0 Å². The summed E-state index contributed by atoms with van der Waals surface area (Å²) >= 11 is 12.1. The number of hydrogen-bond acceptors (Lipinski definition) is 4. The third kappa shape index (κ3) is 5.59. The van der Waals surface area contributed by atoms with Gasteiger partial charge in [-0.1, -0.05) is 35.3 Å². The van der Waals surface area contributed by atoms with E-state index in [0.29, 0.717) is 32.9 Å². The molecular weight excluding hydrogens is 425 g/mol. The molecule has 0 atom stereocenters. The van der Waals surface area contributed by atoms with Crippen molar-refractivity contribution in [3.05, 3.63) is 87.4 Å². The summed E-state index contributed by atoms with van der Waals surface area (Å²) in [5.41, 5.74) is 2.02. The molecule has 3 rings (SSSR count). The lowest BCUT2D eigenvalue weighted by atomic mass is 10.1. The van der Waals surface area contributed by atoms with Crippen LogP contribution in [0.15, 0.2) is 60.7 Å². The minimum atomic E-state index is -0.230. The smallest absolute Gasteiger partial charge is 0.251 e. The first-order chi connectivity index (χ1) is 14.5. The number of amides is 1. The van der Waals surface area contributed by atoms with E-state index in [1.807, 2.05) is 18.2 Å². The zero-order chi connectivity index (χ0) is 21.5. The van der Waals surface area contributed by atoms with Crippen molar-refractivity contribution < 1.29 is 19.0 Å². The lowest BCUT2D eigenvalue weighted by molar-refractivity contribution is 0.0950. The Kier molecular flexibility index (Phi) is 7.44. The molecule has 156 valence electrons. The fourth-order valence-electron chi connectivity index (χ4n) is 2.83. The van der Waals surface area contributed by atoms with Gasteiger partial charge in [0.25, 0.3) is 5.91 Å². The Balaban J connectivity index is 1.70. The first-order valence-corrected chi connectivity index (χ1v) is 9.91. The van der Waals surface area contributed by atoms with Gasteiger partial charge < -0.3 is 19.5 Å². The molecule has 0 bridgehead atoms. The molecule has 7 heteroatoms. The van der Waals surface area contributed by atoms with Gasteiger partial charge in [0.05, 0.1) is 14.2 Å². The summed E-state index contributed by atoms with van der Waals surface area (Å²) in [6.07, 6.45) is 0. The zero-order valence-corrected chi connectivity index (χ0v) is 18.1. The Hall–Kier alpha value is -2.89. The van der Waals surface area contributed by atoms with Crippen LogP contribution in [0.1, 0.15) is 21.5 Å². The van der Waals surface area contributed by atoms with E-state index in [1.165, 1.54) is 0 Å². The van der Waals surface area contributed by atoms with Crippen molar-refractivity contribution in [3.63, 3.8) is 0 Å². The van der Waals surface area contributed by atoms with Crippen molar-refractivity contribution in [1.29, 1.82) is 0 Å². The summed E-state index contributed by atoms with van der Waals surface area (Å²) < 4.78 is 16.5. The van der Waals surface area contributed by atoms with Crippen molar-refractivity contribution in [2.45, 2.75) is 13.2 Å². The van der Waals surface area contributed by atoms with E-state index in [0.717, 1.165) is 11.1 Å².